The van der Waals surface area contributed by atoms with E-state index in [1.165, 1.54) is 23.9 Å². The molecule has 0 aliphatic rings. The minimum Gasteiger partial charge on any atom is -0.465 e. The fraction of sp³-hybridized carbons (Fsp3) is 0.619. The topological polar surface area (TPSA) is 55.4 Å². The lowest BCUT2D eigenvalue weighted by Gasteiger charge is -2.18. The van der Waals surface area contributed by atoms with Gasteiger partial charge in [0.25, 0.3) is 0 Å². The van der Waals surface area contributed by atoms with Crippen molar-refractivity contribution in [3.63, 3.8) is 0 Å². The Balaban J connectivity index is 2.98. The van der Waals surface area contributed by atoms with Crippen LogP contribution < -0.4 is 5.32 Å². The number of carbonyl (C=O) groups is 2. The summed E-state index contributed by atoms with van der Waals surface area (Å²) in [6.07, 6.45) is 3.18. The van der Waals surface area contributed by atoms with Crippen LogP contribution in [-0.2, 0) is 14.3 Å². The van der Waals surface area contributed by atoms with Gasteiger partial charge in [-0.3, -0.25) is 9.59 Å². The number of esters is 1. The van der Waals surface area contributed by atoms with Crippen molar-refractivity contribution in [3.8, 4) is 0 Å². The van der Waals surface area contributed by atoms with Crippen molar-refractivity contribution in [2.45, 2.75) is 70.4 Å². The van der Waals surface area contributed by atoms with E-state index in [-0.39, 0.29) is 34.4 Å². The number of ether oxygens (including phenoxy) is 1. The van der Waals surface area contributed by atoms with E-state index >= 15 is 0 Å². The fourth-order valence-electron chi connectivity index (χ4n) is 2.31. The van der Waals surface area contributed by atoms with Crippen LogP contribution >= 0.6 is 23.4 Å². The molecule has 0 spiro atoms. The molecule has 0 aromatic heterocycles. The molecule has 2 unspecified atom stereocenters. The number of hydrogen-bond donors (Lipinski definition) is 1. The molecule has 0 saturated carbocycles. The summed E-state index contributed by atoms with van der Waals surface area (Å²) in [6.45, 7) is 10.1. The smallest absolute Gasteiger partial charge is 0.319 e. The number of nitrogens with one attached hydrogen (secondary N) is 1. The Kier molecular flexibility index (Phi) is 10.9. The Morgan fingerprint density at radius 1 is 1.21 bits per heavy atom. The summed E-state index contributed by atoms with van der Waals surface area (Å²) in [5, 5.41) is 2.41. The molecule has 0 aliphatic heterocycles. The average Bonchev–Trinajstić information content (AvgIpc) is 2.64. The highest BCUT2D eigenvalue weighted by Gasteiger charge is 2.24. The summed E-state index contributed by atoms with van der Waals surface area (Å²) in [7, 11) is 0. The van der Waals surface area contributed by atoms with Crippen molar-refractivity contribution in [3.05, 3.63) is 23.0 Å². The highest BCUT2D eigenvalue weighted by Crippen LogP contribution is 2.36. The van der Waals surface area contributed by atoms with Gasteiger partial charge in [0.05, 0.1) is 17.3 Å². The van der Waals surface area contributed by atoms with Crippen LogP contribution in [0.3, 0.4) is 0 Å². The van der Waals surface area contributed by atoms with Crippen LogP contribution in [0.1, 0.15) is 60.3 Å². The number of hydrogen-bond acceptors (Lipinski definition) is 4. The predicted molar refractivity (Wildman–Crippen MR) is 114 cm³/mol. The highest BCUT2D eigenvalue weighted by molar-refractivity contribution is 8.00. The Bertz CT molecular complexity index is 669. The molecule has 28 heavy (non-hydrogen) atoms. The fourth-order valence-corrected chi connectivity index (χ4v) is 3.78. The van der Waals surface area contributed by atoms with E-state index in [2.05, 4.69) is 5.32 Å². The normalized spacial score (nSPS) is 13.3. The average molecular weight is 432 g/mol. The van der Waals surface area contributed by atoms with E-state index in [1.54, 1.807) is 6.92 Å². The molecule has 0 radical (unpaired) electrons. The van der Waals surface area contributed by atoms with Gasteiger partial charge in [0.1, 0.15) is 11.1 Å². The lowest BCUT2D eigenvalue weighted by Crippen LogP contribution is -2.25. The molecule has 0 heterocycles. The first-order chi connectivity index (χ1) is 13.2. The van der Waals surface area contributed by atoms with Crippen molar-refractivity contribution >= 4 is 40.9 Å². The van der Waals surface area contributed by atoms with Crippen LogP contribution in [0.25, 0.3) is 0 Å². The van der Waals surface area contributed by atoms with Crippen molar-refractivity contribution in [2.75, 3.05) is 11.9 Å². The molecule has 0 fully saturated rings. The number of unbranched alkanes of at least 4 members (excludes halogenated alkanes) is 1. The van der Waals surface area contributed by atoms with Gasteiger partial charge in [-0.15, -0.1) is 11.8 Å². The zero-order chi connectivity index (χ0) is 21.3. The van der Waals surface area contributed by atoms with Gasteiger partial charge in [0.2, 0.25) is 5.91 Å². The maximum Gasteiger partial charge on any atom is 0.319 e. The van der Waals surface area contributed by atoms with E-state index in [0.717, 1.165) is 19.3 Å². The molecule has 1 amide bonds. The summed E-state index contributed by atoms with van der Waals surface area (Å²) < 4.78 is 19.6. The second-order valence-electron chi connectivity index (χ2n) is 7.20. The Hall–Kier alpha value is -1.27. The van der Waals surface area contributed by atoms with Gasteiger partial charge >= 0.3 is 5.97 Å². The predicted octanol–water partition coefficient (Wildman–Crippen LogP) is 6.31. The van der Waals surface area contributed by atoms with E-state index in [1.807, 2.05) is 27.7 Å². The largest absolute Gasteiger partial charge is 0.465 e. The van der Waals surface area contributed by atoms with Crippen LogP contribution in [0.2, 0.25) is 5.02 Å². The standard InChI is InChI=1S/C21H31ClFNO3S/c1-6-8-10-27-21(26)18(9-7-2)28-19-12-17(16(23)11-15(19)22)24-20(25)14(5)13(3)4/h11-14,18H,6-10H2,1-5H3,(H,24,25). The van der Waals surface area contributed by atoms with E-state index < -0.39 is 11.1 Å². The van der Waals surface area contributed by atoms with Crippen molar-refractivity contribution < 1.29 is 18.7 Å². The minimum absolute atomic E-state index is 0.0685. The van der Waals surface area contributed by atoms with E-state index in [0.29, 0.717) is 17.9 Å². The molecule has 2 atom stereocenters. The number of anilines is 1. The quantitative estimate of drug-likeness (QED) is 0.253. The van der Waals surface area contributed by atoms with E-state index in [4.69, 9.17) is 16.3 Å². The SMILES string of the molecule is CCCCOC(=O)C(CCC)Sc1cc(NC(=O)C(C)C(C)C)c(F)cc1Cl. The van der Waals surface area contributed by atoms with Gasteiger partial charge < -0.3 is 10.1 Å². The summed E-state index contributed by atoms with van der Waals surface area (Å²) in [6, 6.07) is 2.67. The van der Waals surface area contributed by atoms with Crippen LogP contribution in [0.15, 0.2) is 17.0 Å². The number of halogens is 2. The molecule has 158 valence electrons. The number of amides is 1. The Morgan fingerprint density at radius 2 is 1.89 bits per heavy atom. The summed E-state index contributed by atoms with van der Waals surface area (Å²) in [4.78, 5) is 25.2. The first-order valence-corrected chi connectivity index (χ1v) is 11.1. The molecule has 0 aliphatic carbocycles. The lowest BCUT2D eigenvalue weighted by molar-refractivity contribution is -0.143. The van der Waals surface area contributed by atoms with Crippen molar-refractivity contribution in [1.82, 2.24) is 0 Å². The number of thioether (sulfide) groups is 1. The molecule has 7 heteroatoms. The van der Waals surface area contributed by atoms with Gasteiger partial charge in [-0.1, -0.05) is 59.1 Å². The summed E-state index contributed by atoms with van der Waals surface area (Å²) >= 11 is 7.45. The van der Waals surface area contributed by atoms with Gasteiger partial charge in [-0.25, -0.2) is 4.39 Å². The molecule has 1 N–H and O–H groups in total. The second-order valence-corrected chi connectivity index (χ2v) is 8.85. The Morgan fingerprint density at radius 3 is 2.46 bits per heavy atom. The third-order valence-corrected chi connectivity index (χ3v) is 6.25. The molecule has 0 bridgehead atoms. The molecule has 4 nitrogen and oxygen atoms in total. The van der Waals surface area contributed by atoms with Crippen LogP contribution in [0.4, 0.5) is 10.1 Å². The van der Waals surface area contributed by atoms with Gasteiger partial charge in [-0.2, -0.15) is 0 Å². The van der Waals surface area contributed by atoms with Crippen LogP contribution in [0.5, 0.6) is 0 Å². The third-order valence-electron chi connectivity index (χ3n) is 4.52. The number of rotatable bonds is 11. The Labute approximate surface area is 176 Å². The monoisotopic (exact) mass is 431 g/mol. The van der Waals surface area contributed by atoms with E-state index in [9.17, 15) is 14.0 Å². The van der Waals surface area contributed by atoms with Crippen LogP contribution in [0, 0.1) is 17.7 Å². The zero-order valence-corrected chi connectivity index (χ0v) is 18.9. The summed E-state index contributed by atoms with van der Waals surface area (Å²) in [5.41, 5.74) is 0.0685. The third kappa shape index (κ3) is 7.63. The second kappa shape index (κ2) is 12.3. The number of carbonyl (C=O) groups excluding carboxylic acids is 2. The van der Waals surface area contributed by atoms with Gasteiger partial charge in [-0.05, 0) is 30.9 Å². The molecule has 0 saturated heterocycles. The number of benzene rings is 1. The molecular formula is C21H31ClFNO3S. The minimum atomic E-state index is -0.601. The molecule has 1 rings (SSSR count). The summed E-state index contributed by atoms with van der Waals surface area (Å²) in [5.74, 6) is -1.27. The molecule has 1 aromatic rings. The van der Waals surface area contributed by atoms with Crippen molar-refractivity contribution in [1.29, 1.82) is 0 Å². The first kappa shape index (κ1) is 24.8. The first-order valence-electron chi connectivity index (χ1n) is 9.84. The van der Waals surface area contributed by atoms with Gasteiger partial charge in [0.15, 0.2) is 0 Å². The highest BCUT2D eigenvalue weighted by atomic mass is 35.5. The molecule has 1 aromatic carbocycles. The lowest BCUT2D eigenvalue weighted by atomic mass is 9.97. The maximum absolute atomic E-state index is 14.3. The maximum atomic E-state index is 14.3. The van der Waals surface area contributed by atoms with Crippen LogP contribution in [-0.4, -0.2) is 23.7 Å². The zero-order valence-electron chi connectivity index (χ0n) is 17.3. The van der Waals surface area contributed by atoms with Gasteiger partial charge in [0, 0.05) is 10.8 Å². The van der Waals surface area contributed by atoms with Crippen molar-refractivity contribution in [2.24, 2.45) is 11.8 Å². The molecular weight excluding hydrogens is 401 g/mol.